The molecule has 0 radical (unpaired) electrons. The summed E-state index contributed by atoms with van der Waals surface area (Å²) in [5, 5.41) is 0. The van der Waals surface area contributed by atoms with E-state index in [4.69, 9.17) is 9.97 Å². The van der Waals surface area contributed by atoms with Crippen molar-refractivity contribution in [2.75, 3.05) is 0 Å². The molecule has 190 valence electrons. The molecule has 3 aromatic heterocycles. The largest absolute Gasteiger partial charge is 0.355 e. The average molecular weight is 491 g/mol. The van der Waals surface area contributed by atoms with Crippen LogP contribution in [0.4, 0.5) is 0 Å². The fraction of sp³-hybridized carbons (Fsp3) is 0.394. The van der Waals surface area contributed by atoms with E-state index >= 15 is 0 Å². The Kier molecular flexibility index (Phi) is 5.38. The smallest absolute Gasteiger partial charge is 0.0730 e. The normalized spacial score (nSPS) is 16.6. The van der Waals surface area contributed by atoms with Gasteiger partial charge in [-0.15, -0.1) is 0 Å². The van der Waals surface area contributed by atoms with Crippen molar-refractivity contribution in [3.63, 3.8) is 0 Å². The lowest BCUT2D eigenvalue weighted by Crippen LogP contribution is -2.23. The van der Waals surface area contributed by atoms with E-state index in [9.17, 15) is 0 Å². The summed E-state index contributed by atoms with van der Waals surface area (Å²) in [6.07, 6.45) is 4.11. The maximum absolute atomic E-state index is 5.31. The van der Waals surface area contributed by atoms with Crippen LogP contribution in [0.1, 0.15) is 106 Å². The van der Waals surface area contributed by atoms with E-state index in [1.807, 2.05) is 0 Å². The van der Waals surface area contributed by atoms with Gasteiger partial charge in [0.1, 0.15) is 0 Å². The summed E-state index contributed by atoms with van der Waals surface area (Å²) < 4.78 is 0. The number of hydrogen-bond donors (Lipinski definition) is 2. The second kappa shape index (κ2) is 8.31. The quantitative estimate of drug-likeness (QED) is 0.377. The molecule has 2 aliphatic heterocycles. The summed E-state index contributed by atoms with van der Waals surface area (Å²) in [4.78, 5) is 18.0. The number of aryl methyl sites for hydroxylation is 3. The molecule has 0 unspecified atom stereocenters. The van der Waals surface area contributed by atoms with Crippen LogP contribution in [-0.2, 0) is 11.8 Å². The average Bonchev–Trinajstić information content (AvgIpc) is 3.53. The van der Waals surface area contributed by atoms with E-state index in [-0.39, 0.29) is 5.41 Å². The summed E-state index contributed by atoms with van der Waals surface area (Å²) in [6.45, 7) is 18.1. The van der Waals surface area contributed by atoms with Gasteiger partial charge in [-0.1, -0.05) is 27.7 Å². The van der Waals surface area contributed by atoms with E-state index in [1.54, 1.807) is 0 Å². The molecule has 0 atom stereocenters. The molecule has 0 saturated carbocycles. The molecule has 4 nitrogen and oxygen atoms in total. The van der Waals surface area contributed by atoms with Crippen molar-refractivity contribution >= 4 is 44.4 Å². The van der Waals surface area contributed by atoms with Crippen LogP contribution in [0, 0.1) is 13.8 Å². The monoisotopic (exact) mass is 490 g/mol. The Morgan fingerprint density at radius 2 is 1.49 bits per heavy atom. The van der Waals surface area contributed by atoms with E-state index < -0.39 is 0 Å². The van der Waals surface area contributed by atoms with Crippen molar-refractivity contribution in [1.29, 1.82) is 0 Å². The van der Waals surface area contributed by atoms with Gasteiger partial charge in [0, 0.05) is 27.6 Å². The minimum atomic E-state index is 0.0367. The fourth-order valence-corrected chi connectivity index (χ4v) is 6.64. The highest BCUT2D eigenvalue weighted by Gasteiger charge is 2.35. The summed E-state index contributed by atoms with van der Waals surface area (Å²) in [5.41, 5.74) is 19.6. The zero-order chi connectivity index (χ0) is 26.2. The van der Waals surface area contributed by atoms with Crippen molar-refractivity contribution in [2.45, 2.75) is 86.5 Å². The first-order valence-corrected chi connectivity index (χ1v) is 13.8. The van der Waals surface area contributed by atoms with Crippen LogP contribution in [0.5, 0.6) is 0 Å². The maximum atomic E-state index is 5.31. The third-order valence-electron chi connectivity index (χ3n) is 8.98. The zero-order valence-corrected chi connectivity index (χ0v) is 23.5. The third-order valence-corrected chi connectivity index (χ3v) is 8.98. The number of nitrogens with one attached hydrogen (secondary N) is 2. The number of rotatable bonds is 2. The molecular formula is C33H38N4. The standard InChI is InChI=1S/C33H38N4/c1-9-21-18(4)25-14-24-17(3)13-30(34-24)31-32-23(11-12-33(31,7)8)20(6)27(37-32)15-26-19(5)22(10-2)29(36-26)16-28(21)35-25/h13-16,34-35H,9-12H2,1-8H3. The summed E-state index contributed by atoms with van der Waals surface area (Å²) in [6, 6.07) is 9.08. The van der Waals surface area contributed by atoms with Gasteiger partial charge in [-0.05, 0) is 122 Å². The Balaban J connectivity index is 1.84. The molecule has 0 aromatic carbocycles. The Morgan fingerprint density at radius 1 is 0.757 bits per heavy atom. The zero-order valence-electron chi connectivity index (χ0n) is 23.5. The van der Waals surface area contributed by atoms with Crippen LogP contribution in [0.2, 0.25) is 0 Å². The maximum Gasteiger partial charge on any atom is 0.0730 e. The molecule has 0 saturated heterocycles. The van der Waals surface area contributed by atoms with Crippen LogP contribution < -0.4 is 0 Å². The topological polar surface area (TPSA) is 57.4 Å². The molecule has 0 fully saturated rings. The first kappa shape index (κ1) is 24.0. The van der Waals surface area contributed by atoms with Crippen LogP contribution in [0.15, 0.2) is 24.3 Å². The molecule has 3 aliphatic rings. The molecular weight excluding hydrogens is 452 g/mol. The minimum absolute atomic E-state index is 0.0367. The van der Waals surface area contributed by atoms with Crippen LogP contribution in [-0.4, -0.2) is 19.9 Å². The lowest BCUT2D eigenvalue weighted by molar-refractivity contribution is 0.476. The fourth-order valence-electron chi connectivity index (χ4n) is 6.64. The molecule has 8 bridgehead atoms. The molecule has 3 aromatic rings. The van der Waals surface area contributed by atoms with Gasteiger partial charge in [-0.25, -0.2) is 9.97 Å². The van der Waals surface area contributed by atoms with E-state index in [2.05, 4.69) is 89.6 Å². The SMILES string of the molecule is CCC1=C(C)c2cc3nc4c(c5cc(C)c(cc6[nH]c(cc1n2)c(CC)c6C)[nH]5)C(C)(C)CCC4=C3C. The number of hydrogen-bond acceptors (Lipinski definition) is 2. The Bertz CT molecular complexity index is 1700. The first-order valence-electron chi connectivity index (χ1n) is 13.8. The summed E-state index contributed by atoms with van der Waals surface area (Å²) >= 11 is 0. The lowest BCUT2D eigenvalue weighted by Gasteiger charge is -2.32. The molecule has 2 N–H and O–H groups in total. The van der Waals surface area contributed by atoms with Crippen molar-refractivity contribution in [1.82, 2.24) is 19.9 Å². The Hall–Kier alpha value is -3.40. The van der Waals surface area contributed by atoms with Gasteiger partial charge in [0.2, 0.25) is 0 Å². The second-order valence-corrected chi connectivity index (χ2v) is 11.7. The van der Waals surface area contributed by atoms with Crippen molar-refractivity contribution < 1.29 is 0 Å². The highest BCUT2D eigenvalue weighted by molar-refractivity contribution is 5.97. The van der Waals surface area contributed by atoms with Gasteiger partial charge in [0.05, 0.1) is 22.8 Å². The van der Waals surface area contributed by atoms with Crippen LogP contribution in [0.25, 0.3) is 44.4 Å². The molecule has 4 heteroatoms. The first-order chi connectivity index (χ1) is 17.6. The number of fused-ring (bicyclic) bond motifs is 8. The lowest BCUT2D eigenvalue weighted by atomic mass is 9.72. The van der Waals surface area contributed by atoms with Gasteiger partial charge in [0.15, 0.2) is 0 Å². The highest BCUT2D eigenvalue weighted by Crippen LogP contribution is 2.47. The molecule has 1 aliphatic carbocycles. The molecule has 0 amide bonds. The van der Waals surface area contributed by atoms with Crippen LogP contribution in [0.3, 0.4) is 0 Å². The van der Waals surface area contributed by atoms with Crippen LogP contribution >= 0.6 is 0 Å². The summed E-state index contributed by atoms with van der Waals surface area (Å²) in [7, 11) is 0. The highest BCUT2D eigenvalue weighted by atomic mass is 14.8. The number of allylic oxidation sites excluding steroid dienone is 4. The van der Waals surface area contributed by atoms with Gasteiger partial charge in [-0.3, -0.25) is 0 Å². The van der Waals surface area contributed by atoms with E-state index in [0.717, 1.165) is 53.8 Å². The van der Waals surface area contributed by atoms with Crippen molar-refractivity contribution in [2.24, 2.45) is 0 Å². The number of aromatic amines is 2. The number of nitrogens with zero attached hydrogens (tertiary/aromatic N) is 2. The predicted octanol–water partition coefficient (Wildman–Crippen LogP) is 8.84. The van der Waals surface area contributed by atoms with Gasteiger partial charge >= 0.3 is 0 Å². The van der Waals surface area contributed by atoms with Crippen molar-refractivity contribution in [3.8, 4) is 0 Å². The van der Waals surface area contributed by atoms with Gasteiger partial charge in [-0.2, -0.15) is 0 Å². The van der Waals surface area contributed by atoms with Crippen molar-refractivity contribution in [3.05, 3.63) is 69.3 Å². The molecule has 37 heavy (non-hydrogen) atoms. The van der Waals surface area contributed by atoms with Gasteiger partial charge < -0.3 is 9.97 Å². The molecule has 5 heterocycles. The Morgan fingerprint density at radius 3 is 2.22 bits per heavy atom. The van der Waals surface area contributed by atoms with Gasteiger partial charge in [0.25, 0.3) is 0 Å². The third kappa shape index (κ3) is 3.56. The van der Waals surface area contributed by atoms with E-state index in [1.165, 1.54) is 61.3 Å². The molecule has 0 spiro atoms. The predicted molar refractivity (Wildman–Crippen MR) is 157 cm³/mol. The summed E-state index contributed by atoms with van der Waals surface area (Å²) in [5.74, 6) is 0. The second-order valence-electron chi connectivity index (χ2n) is 11.7. The minimum Gasteiger partial charge on any atom is -0.355 e. The molecule has 6 rings (SSSR count). The Labute approximate surface area is 220 Å². The number of aromatic nitrogens is 4. The number of H-pyrrole nitrogens is 2. The van der Waals surface area contributed by atoms with E-state index in [0.29, 0.717) is 0 Å².